The molecule has 3 rings (SSSR count). The maximum absolute atomic E-state index is 12.7. The molecule has 0 saturated carbocycles. The second kappa shape index (κ2) is 5.17. The lowest BCUT2D eigenvalue weighted by Gasteiger charge is -2.35. The molecule has 0 unspecified atom stereocenters. The standard InChI is InChI=1S/C15H18N2O3/c1-11-12(5-8-20-11)15(18)17-7-9-19-10-14(17)13-4-3-6-16(13)2/h3-6,8,14H,7,9-10H2,1-2H3/t14-/m0/s1. The van der Waals surface area contributed by atoms with E-state index in [1.165, 1.54) is 0 Å². The molecule has 106 valence electrons. The van der Waals surface area contributed by atoms with E-state index >= 15 is 0 Å². The largest absolute Gasteiger partial charge is 0.469 e. The van der Waals surface area contributed by atoms with E-state index in [2.05, 4.69) is 0 Å². The van der Waals surface area contributed by atoms with Gasteiger partial charge in [-0.1, -0.05) is 0 Å². The summed E-state index contributed by atoms with van der Waals surface area (Å²) in [5.41, 5.74) is 1.71. The quantitative estimate of drug-likeness (QED) is 0.843. The van der Waals surface area contributed by atoms with Crippen molar-refractivity contribution in [2.45, 2.75) is 13.0 Å². The predicted molar refractivity (Wildman–Crippen MR) is 73.5 cm³/mol. The molecule has 0 radical (unpaired) electrons. The molecule has 0 bridgehead atoms. The highest BCUT2D eigenvalue weighted by Gasteiger charge is 2.31. The molecule has 0 aliphatic carbocycles. The van der Waals surface area contributed by atoms with Gasteiger partial charge in [-0.3, -0.25) is 4.79 Å². The second-order valence-electron chi connectivity index (χ2n) is 5.02. The summed E-state index contributed by atoms with van der Waals surface area (Å²) in [6.07, 6.45) is 3.54. The zero-order valence-electron chi connectivity index (χ0n) is 11.7. The predicted octanol–water partition coefficient (Wildman–Crippen LogP) is 2.14. The first-order valence-corrected chi connectivity index (χ1v) is 6.72. The van der Waals surface area contributed by atoms with E-state index in [9.17, 15) is 4.79 Å². The van der Waals surface area contributed by atoms with E-state index in [1.54, 1.807) is 12.3 Å². The maximum Gasteiger partial charge on any atom is 0.258 e. The van der Waals surface area contributed by atoms with Gasteiger partial charge in [0.1, 0.15) is 5.76 Å². The fourth-order valence-electron chi connectivity index (χ4n) is 2.67. The lowest BCUT2D eigenvalue weighted by molar-refractivity contribution is -0.00472. The number of rotatable bonds is 2. The molecule has 2 aromatic rings. The van der Waals surface area contributed by atoms with Gasteiger partial charge in [0.2, 0.25) is 0 Å². The van der Waals surface area contributed by atoms with Crippen LogP contribution in [-0.2, 0) is 11.8 Å². The fraction of sp³-hybridized carbons (Fsp3) is 0.400. The van der Waals surface area contributed by atoms with Crippen LogP contribution in [0.3, 0.4) is 0 Å². The summed E-state index contributed by atoms with van der Waals surface area (Å²) >= 11 is 0. The second-order valence-corrected chi connectivity index (χ2v) is 5.02. The van der Waals surface area contributed by atoms with Crippen molar-refractivity contribution in [3.05, 3.63) is 47.7 Å². The molecule has 1 fully saturated rings. The van der Waals surface area contributed by atoms with Gasteiger partial charge in [-0.05, 0) is 25.1 Å². The molecule has 1 aliphatic heterocycles. The Morgan fingerprint density at radius 3 is 2.90 bits per heavy atom. The molecule has 5 nitrogen and oxygen atoms in total. The lowest BCUT2D eigenvalue weighted by Crippen LogP contribution is -2.44. The Labute approximate surface area is 117 Å². The van der Waals surface area contributed by atoms with Crippen molar-refractivity contribution in [2.24, 2.45) is 7.05 Å². The number of ether oxygens (including phenoxy) is 1. The van der Waals surface area contributed by atoms with Gasteiger partial charge >= 0.3 is 0 Å². The van der Waals surface area contributed by atoms with Crippen LogP contribution in [0.2, 0.25) is 0 Å². The van der Waals surface area contributed by atoms with Gasteiger partial charge in [0, 0.05) is 25.5 Å². The van der Waals surface area contributed by atoms with Gasteiger partial charge in [-0.25, -0.2) is 0 Å². The molecule has 0 spiro atoms. The minimum Gasteiger partial charge on any atom is -0.469 e. The van der Waals surface area contributed by atoms with E-state index in [0.29, 0.717) is 31.1 Å². The summed E-state index contributed by atoms with van der Waals surface area (Å²) < 4.78 is 12.8. The van der Waals surface area contributed by atoms with Gasteiger partial charge in [-0.15, -0.1) is 0 Å². The number of carbonyl (C=O) groups is 1. The van der Waals surface area contributed by atoms with Crippen LogP contribution in [0.4, 0.5) is 0 Å². The van der Waals surface area contributed by atoms with Crippen molar-refractivity contribution in [3.8, 4) is 0 Å². The smallest absolute Gasteiger partial charge is 0.258 e. The SMILES string of the molecule is Cc1occc1C(=O)N1CCOC[C@H]1c1cccn1C. The first-order chi connectivity index (χ1) is 9.68. The van der Waals surface area contributed by atoms with Gasteiger partial charge in [0.15, 0.2) is 0 Å². The third-order valence-corrected chi connectivity index (χ3v) is 3.80. The molecule has 2 aromatic heterocycles. The molecule has 5 heteroatoms. The first-order valence-electron chi connectivity index (χ1n) is 6.72. The van der Waals surface area contributed by atoms with Gasteiger partial charge < -0.3 is 18.6 Å². The van der Waals surface area contributed by atoms with Gasteiger partial charge in [0.25, 0.3) is 5.91 Å². The van der Waals surface area contributed by atoms with E-state index in [1.807, 2.05) is 41.8 Å². The van der Waals surface area contributed by atoms with E-state index in [0.717, 1.165) is 5.69 Å². The van der Waals surface area contributed by atoms with Crippen LogP contribution in [0.25, 0.3) is 0 Å². The summed E-state index contributed by atoms with van der Waals surface area (Å²) in [4.78, 5) is 14.6. The molecule has 1 atom stereocenters. The Hall–Kier alpha value is -2.01. The monoisotopic (exact) mass is 274 g/mol. The van der Waals surface area contributed by atoms with Crippen molar-refractivity contribution < 1.29 is 13.9 Å². The third kappa shape index (κ3) is 2.14. The maximum atomic E-state index is 12.7. The van der Waals surface area contributed by atoms with Crippen molar-refractivity contribution in [3.63, 3.8) is 0 Å². The zero-order chi connectivity index (χ0) is 14.1. The number of aromatic nitrogens is 1. The van der Waals surface area contributed by atoms with Crippen LogP contribution in [-0.4, -0.2) is 35.1 Å². The van der Waals surface area contributed by atoms with Crippen LogP contribution in [0, 0.1) is 6.92 Å². The Balaban J connectivity index is 1.92. The topological polar surface area (TPSA) is 47.6 Å². The Kier molecular flexibility index (Phi) is 3.36. The number of morpholine rings is 1. The highest BCUT2D eigenvalue weighted by atomic mass is 16.5. The number of hydrogen-bond acceptors (Lipinski definition) is 3. The first kappa shape index (κ1) is 13.0. The van der Waals surface area contributed by atoms with Gasteiger partial charge in [-0.2, -0.15) is 0 Å². The molecule has 0 N–H and O–H groups in total. The number of nitrogens with zero attached hydrogens (tertiary/aromatic N) is 2. The minimum atomic E-state index is -0.0504. The van der Waals surface area contributed by atoms with Gasteiger partial charge in [0.05, 0.1) is 31.1 Å². The molecule has 1 saturated heterocycles. The Morgan fingerprint density at radius 1 is 1.40 bits per heavy atom. The van der Waals surface area contributed by atoms with Crippen LogP contribution >= 0.6 is 0 Å². The molecule has 3 heterocycles. The zero-order valence-corrected chi connectivity index (χ0v) is 11.7. The molecular weight excluding hydrogens is 256 g/mol. The highest BCUT2D eigenvalue weighted by molar-refractivity contribution is 5.95. The number of furan rings is 1. The summed E-state index contributed by atoms with van der Waals surface area (Å²) in [5.74, 6) is 0.665. The van der Waals surface area contributed by atoms with Crippen LogP contribution < -0.4 is 0 Å². The fourth-order valence-corrected chi connectivity index (χ4v) is 2.67. The summed E-state index contributed by atoms with van der Waals surface area (Å²) in [5, 5.41) is 0. The molecule has 0 aromatic carbocycles. The van der Waals surface area contributed by atoms with Crippen LogP contribution in [0.1, 0.15) is 27.9 Å². The van der Waals surface area contributed by atoms with E-state index in [-0.39, 0.29) is 11.9 Å². The summed E-state index contributed by atoms with van der Waals surface area (Å²) in [7, 11) is 1.98. The lowest BCUT2D eigenvalue weighted by atomic mass is 10.1. The molecule has 1 aliphatic rings. The average Bonchev–Trinajstić information content (AvgIpc) is 3.06. The van der Waals surface area contributed by atoms with Crippen molar-refractivity contribution in [1.82, 2.24) is 9.47 Å². The Morgan fingerprint density at radius 2 is 2.25 bits per heavy atom. The minimum absolute atomic E-state index is 0.00532. The normalized spacial score (nSPS) is 19.3. The van der Waals surface area contributed by atoms with E-state index < -0.39 is 0 Å². The number of carbonyl (C=O) groups excluding carboxylic acids is 1. The molecule has 1 amide bonds. The Bertz CT molecular complexity index is 614. The summed E-state index contributed by atoms with van der Waals surface area (Å²) in [6, 6.07) is 5.69. The molecular formula is C15H18N2O3. The van der Waals surface area contributed by atoms with Crippen LogP contribution in [0.5, 0.6) is 0 Å². The highest BCUT2D eigenvalue weighted by Crippen LogP contribution is 2.27. The van der Waals surface area contributed by atoms with Crippen molar-refractivity contribution >= 4 is 5.91 Å². The molecule has 20 heavy (non-hydrogen) atoms. The average molecular weight is 274 g/mol. The number of amides is 1. The van der Waals surface area contributed by atoms with E-state index in [4.69, 9.17) is 9.15 Å². The van der Waals surface area contributed by atoms with Crippen molar-refractivity contribution in [1.29, 1.82) is 0 Å². The van der Waals surface area contributed by atoms with Crippen molar-refractivity contribution in [2.75, 3.05) is 19.8 Å². The number of hydrogen-bond donors (Lipinski definition) is 0. The summed E-state index contributed by atoms with van der Waals surface area (Å²) in [6.45, 7) is 3.51. The van der Waals surface area contributed by atoms with Crippen LogP contribution in [0.15, 0.2) is 35.1 Å². The third-order valence-electron chi connectivity index (χ3n) is 3.80. The number of aryl methyl sites for hydroxylation is 2.